The van der Waals surface area contributed by atoms with Gasteiger partial charge in [-0.1, -0.05) is 5.10 Å². The third-order valence-electron chi connectivity index (χ3n) is 5.18. The van der Waals surface area contributed by atoms with Crippen LogP contribution in [0.4, 0.5) is 0 Å². The number of benzene rings is 1. The fraction of sp³-hybridized carbons (Fsp3) is 0.471. The van der Waals surface area contributed by atoms with Crippen molar-refractivity contribution in [3.8, 4) is 10.9 Å². The normalized spacial score (nSPS) is 27.9. The summed E-state index contributed by atoms with van der Waals surface area (Å²) in [6.07, 6.45) is 2.35. The second-order valence-electron chi connectivity index (χ2n) is 6.56. The van der Waals surface area contributed by atoms with Crippen LogP contribution in [0.15, 0.2) is 24.3 Å². The standard InChI is InChI=1S/C17H19ClN4O2S/c1-10-14(11-6-8-22(10)9-7-11)19-15(23)12-2-4-13(5-3-12)24-17-21-20-16(18)25-17/h2-5,10-11,14H,6-9H2,1H3,(H,19,23). The Bertz CT molecular complexity index is 756. The van der Waals surface area contributed by atoms with Gasteiger partial charge in [0.15, 0.2) is 0 Å². The second-order valence-corrected chi connectivity index (χ2v) is 8.08. The van der Waals surface area contributed by atoms with Crippen molar-refractivity contribution < 1.29 is 9.53 Å². The summed E-state index contributed by atoms with van der Waals surface area (Å²) in [7, 11) is 0. The van der Waals surface area contributed by atoms with Crippen molar-refractivity contribution in [1.29, 1.82) is 0 Å². The number of hydrogen-bond acceptors (Lipinski definition) is 6. The lowest BCUT2D eigenvalue weighted by atomic mass is 9.79. The maximum Gasteiger partial charge on any atom is 0.300 e. The summed E-state index contributed by atoms with van der Waals surface area (Å²) < 4.78 is 5.89. The maximum atomic E-state index is 12.6. The summed E-state index contributed by atoms with van der Waals surface area (Å²) in [5.74, 6) is 1.16. The molecule has 2 atom stereocenters. The van der Waals surface area contributed by atoms with Gasteiger partial charge in [-0.2, -0.15) is 0 Å². The molecule has 2 unspecified atom stereocenters. The Balaban J connectivity index is 1.40. The fourth-order valence-electron chi connectivity index (χ4n) is 3.79. The SMILES string of the molecule is CC1C(NC(=O)c2ccc(Oc3nnc(Cl)s3)cc2)C2CCN1CC2. The van der Waals surface area contributed by atoms with Crippen LogP contribution >= 0.6 is 22.9 Å². The molecule has 3 aliphatic rings. The third-order valence-corrected chi connectivity index (χ3v) is 6.08. The van der Waals surface area contributed by atoms with Gasteiger partial charge in [-0.05, 0) is 86.0 Å². The number of piperidine rings is 3. The van der Waals surface area contributed by atoms with Gasteiger partial charge in [0.2, 0.25) is 4.47 Å². The van der Waals surface area contributed by atoms with Gasteiger partial charge in [0.05, 0.1) is 0 Å². The Morgan fingerprint density at radius 2 is 2.00 bits per heavy atom. The molecule has 8 heteroatoms. The van der Waals surface area contributed by atoms with Crippen LogP contribution in [0.2, 0.25) is 4.47 Å². The smallest absolute Gasteiger partial charge is 0.300 e. The van der Waals surface area contributed by atoms with E-state index in [-0.39, 0.29) is 11.9 Å². The Morgan fingerprint density at radius 3 is 2.60 bits per heavy atom. The number of ether oxygens (including phenoxy) is 1. The van der Waals surface area contributed by atoms with Crippen molar-refractivity contribution in [2.75, 3.05) is 13.1 Å². The van der Waals surface area contributed by atoms with Gasteiger partial charge in [-0.15, -0.1) is 5.10 Å². The van der Waals surface area contributed by atoms with E-state index in [4.69, 9.17) is 16.3 Å². The molecule has 2 aromatic rings. The van der Waals surface area contributed by atoms with Crippen molar-refractivity contribution in [2.45, 2.75) is 31.8 Å². The minimum Gasteiger partial charge on any atom is -0.430 e. The number of aromatic nitrogens is 2. The monoisotopic (exact) mass is 378 g/mol. The van der Waals surface area contributed by atoms with Gasteiger partial charge in [0.25, 0.3) is 5.91 Å². The molecule has 1 amide bonds. The highest BCUT2D eigenvalue weighted by molar-refractivity contribution is 7.17. The molecule has 2 bridgehead atoms. The molecule has 1 aromatic carbocycles. The maximum absolute atomic E-state index is 12.6. The minimum atomic E-state index is -0.0314. The van der Waals surface area contributed by atoms with Gasteiger partial charge in [0, 0.05) is 17.6 Å². The number of nitrogens with zero attached hydrogens (tertiary/aromatic N) is 3. The molecule has 6 nitrogen and oxygen atoms in total. The first kappa shape index (κ1) is 16.8. The van der Waals surface area contributed by atoms with Crippen LogP contribution in [0.1, 0.15) is 30.1 Å². The molecule has 3 fully saturated rings. The number of fused-ring (bicyclic) bond motifs is 3. The topological polar surface area (TPSA) is 67.3 Å². The van der Waals surface area contributed by atoms with Gasteiger partial charge >= 0.3 is 5.19 Å². The van der Waals surface area contributed by atoms with Crippen molar-refractivity contribution in [1.82, 2.24) is 20.4 Å². The molecule has 1 N–H and O–H groups in total. The highest BCUT2D eigenvalue weighted by Gasteiger charge is 2.40. The fourth-order valence-corrected chi connectivity index (χ4v) is 4.47. The van der Waals surface area contributed by atoms with Gasteiger partial charge in [-0.25, -0.2) is 0 Å². The third kappa shape index (κ3) is 3.49. The molecule has 1 aromatic heterocycles. The van der Waals surface area contributed by atoms with E-state index in [1.165, 1.54) is 12.8 Å². The van der Waals surface area contributed by atoms with Crippen LogP contribution in [0.5, 0.6) is 10.9 Å². The quantitative estimate of drug-likeness (QED) is 0.884. The van der Waals surface area contributed by atoms with Gasteiger partial charge in [0.1, 0.15) is 5.75 Å². The van der Waals surface area contributed by atoms with Crippen LogP contribution in [0.3, 0.4) is 0 Å². The zero-order valence-electron chi connectivity index (χ0n) is 13.8. The Kier molecular flexibility index (Phi) is 4.62. The number of amides is 1. The summed E-state index contributed by atoms with van der Waals surface area (Å²) >= 11 is 6.89. The van der Waals surface area contributed by atoms with Crippen LogP contribution in [-0.4, -0.2) is 46.2 Å². The predicted octanol–water partition coefficient (Wildman–Crippen LogP) is 3.20. The lowest BCUT2D eigenvalue weighted by Crippen LogP contribution is -2.62. The van der Waals surface area contributed by atoms with Crippen LogP contribution in [0, 0.1) is 5.92 Å². The molecule has 0 aliphatic carbocycles. The van der Waals surface area contributed by atoms with Crippen molar-refractivity contribution in [3.63, 3.8) is 0 Å². The number of carbonyl (C=O) groups excluding carboxylic acids is 1. The molecule has 0 radical (unpaired) electrons. The van der Waals surface area contributed by atoms with Gasteiger partial charge in [-0.3, -0.25) is 9.69 Å². The number of rotatable bonds is 4. The van der Waals surface area contributed by atoms with Crippen LogP contribution in [-0.2, 0) is 0 Å². The number of nitrogens with one attached hydrogen (secondary N) is 1. The average Bonchev–Trinajstić information content (AvgIpc) is 3.04. The van der Waals surface area contributed by atoms with E-state index in [1.54, 1.807) is 24.3 Å². The minimum absolute atomic E-state index is 0.0314. The molecule has 4 heterocycles. The summed E-state index contributed by atoms with van der Waals surface area (Å²) in [5, 5.41) is 11.1. The lowest BCUT2D eigenvalue weighted by molar-refractivity contribution is 0.0217. The zero-order valence-corrected chi connectivity index (χ0v) is 15.4. The highest BCUT2D eigenvalue weighted by atomic mass is 35.5. The molecular weight excluding hydrogens is 360 g/mol. The second kappa shape index (κ2) is 6.90. The predicted molar refractivity (Wildman–Crippen MR) is 96.4 cm³/mol. The summed E-state index contributed by atoms with van der Waals surface area (Å²) in [4.78, 5) is 15.1. The average molecular weight is 379 g/mol. The van der Waals surface area contributed by atoms with E-state index in [2.05, 4.69) is 27.3 Å². The van der Waals surface area contributed by atoms with E-state index in [1.807, 2.05) is 0 Å². The zero-order chi connectivity index (χ0) is 17.4. The number of carbonyl (C=O) groups is 1. The first-order valence-corrected chi connectivity index (χ1v) is 9.61. The summed E-state index contributed by atoms with van der Waals surface area (Å²) in [5.41, 5.74) is 0.631. The van der Waals surface area contributed by atoms with E-state index in [0.29, 0.717) is 32.9 Å². The summed E-state index contributed by atoms with van der Waals surface area (Å²) in [6.45, 7) is 4.51. The first-order chi connectivity index (χ1) is 12.1. The number of halogens is 1. The Morgan fingerprint density at radius 1 is 1.28 bits per heavy atom. The van der Waals surface area contributed by atoms with E-state index < -0.39 is 0 Å². The Labute approximate surface area is 155 Å². The van der Waals surface area contributed by atoms with Crippen LogP contribution in [0.25, 0.3) is 0 Å². The molecule has 0 saturated carbocycles. The van der Waals surface area contributed by atoms with E-state index in [9.17, 15) is 4.79 Å². The molecule has 3 saturated heterocycles. The molecule has 5 rings (SSSR count). The Hall–Kier alpha value is -1.70. The molecule has 3 aliphatic heterocycles. The van der Waals surface area contributed by atoms with Crippen molar-refractivity contribution in [3.05, 3.63) is 34.3 Å². The largest absolute Gasteiger partial charge is 0.430 e. The first-order valence-electron chi connectivity index (χ1n) is 8.42. The van der Waals surface area contributed by atoms with Crippen molar-refractivity contribution in [2.24, 2.45) is 5.92 Å². The molecular formula is C17H19ClN4O2S. The van der Waals surface area contributed by atoms with Gasteiger partial charge < -0.3 is 10.1 Å². The molecule has 25 heavy (non-hydrogen) atoms. The van der Waals surface area contributed by atoms with E-state index >= 15 is 0 Å². The molecule has 132 valence electrons. The van der Waals surface area contributed by atoms with Crippen LogP contribution < -0.4 is 10.1 Å². The lowest BCUT2D eigenvalue weighted by Gasteiger charge is -2.49. The highest BCUT2D eigenvalue weighted by Crippen LogP contribution is 2.32. The van der Waals surface area contributed by atoms with Crippen molar-refractivity contribution >= 4 is 28.8 Å². The number of hydrogen-bond donors (Lipinski definition) is 1. The summed E-state index contributed by atoms with van der Waals surface area (Å²) in [6, 6.07) is 7.67. The van der Waals surface area contributed by atoms with E-state index in [0.717, 1.165) is 24.4 Å². The molecule has 0 spiro atoms.